The molecule has 1 atom stereocenters. The molecule has 0 bridgehead atoms. The molecule has 3 heterocycles. The van der Waals surface area contributed by atoms with Crippen LogP contribution < -0.4 is 15.1 Å². The van der Waals surface area contributed by atoms with Gasteiger partial charge in [-0.1, -0.05) is 6.92 Å². The lowest BCUT2D eigenvalue weighted by molar-refractivity contribution is -0.126. The van der Waals surface area contributed by atoms with E-state index in [1.165, 1.54) is 18.5 Å². The molecule has 2 aromatic rings. The van der Waals surface area contributed by atoms with Crippen molar-refractivity contribution in [2.24, 2.45) is 11.8 Å². The van der Waals surface area contributed by atoms with E-state index in [2.05, 4.69) is 29.3 Å². The summed E-state index contributed by atoms with van der Waals surface area (Å²) in [6, 6.07) is 11.8. The normalized spacial score (nSPS) is 20.6. The van der Waals surface area contributed by atoms with Crippen LogP contribution in [0.1, 0.15) is 31.9 Å². The second-order valence-electron chi connectivity index (χ2n) is 7.89. The number of furan rings is 1. The quantitative estimate of drug-likeness (QED) is 0.864. The molecule has 6 heteroatoms. The van der Waals surface area contributed by atoms with Crippen LogP contribution in [0.25, 0.3) is 0 Å². The average molecular weight is 381 g/mol. The maximum Gasteiger partial charge on any atom is 0.227 e. The van der Waals surface area contributed by atoms with Crippen LogP contribution in [0, 0.1) is 11.8 Å². The predicted molar refractivity (Wildman–Crippen MR) is 108 cm³/mol. The molecule has 0 spiro atoms. The van der Waals surface area contributed by atoms with Crippen LogP contribution in [0.3, 0.4) is 0 Å². The topological polar surface area (TPSA) is 65.8 Å². The molecule has 2 aliphatic rings. The summed E-state index contributed by atoms with van der Waals surface area (Å²) in [4.78, 5) is 29.0. The molecule has 6 nitrogen and oxygen atoms in total. The number of hydrogen-bond acceptors (Lipinski definition) is 4. The summed E-state index contributed by atoms with van der Waals surface area (Å²) in [5.41, 5.74) is 2.07. The minimum atomic E-state index is -0.328. The molecule has 1 unspecified atom stereocenters. The van der Waals surface area contributed by atoms with Crippen LogP contribution in [-0.2, 0) is 16.1 Å². The zero-order valence-corrected chi connectivity index (χ0v) is 16.3. The van der Waals surface area contributed by atoms with Gasteiger partial charge in [0.1, 0.15) is 5.76 Å². The number of hydrogen-bond donors (Lipinski definition) is 1. The summed E-state index contributed by atoms with van der Waals surface area (Å²) in [5.74, 6) is 1.07. The molecule has 2 aliphatic heterocycles. The minimum Gasteiger partial charge on any atom is -0.467 e. The van der Waals surface area contributed by atoms with Crippen molar-refractivity contribution in [3.8, 4) is 0 Å². The molecule has 0 aliphatic carbocycles. The average Bonchev–Trinajstić information content (AvgIpc) is 3.37. The molecule has 2 saturated heterocycles. The lowest BCUT2D eigenvalue weighted by Crippen LogP contribution is -2.33. The molecule has 1 aromatic carbocycles. The summed E-state index contributed by atoms with van der Waals surface area (Å²) in [6.07, 6.45) is 4.27. The maximum absolute atomic E-state index is 12.5. The van der Waals surface area contributed by atoms with Gasteiger partial charge in [-0.3, -0.25) is 9.59 Å². The fraction of sp³-hybridized carbons (Fsp3) is 0.455. The van der Waals surface area contributed by atoms with Gasteiger partial charge in [0.25, 0.3) is 0 Å². The Hall–Kier alpha value is -2.76. The van der Waals surface area contributed by atoms with Crippen LogP contribution in [0.5, 0.6) is 0 Å². The molecule has 2 amide bonds. The lowest BCUT2D eigenvalue weighted by atomic mass is 9.99. The van der Waals surface area contributed by atoms with Gasteiger partial charge in [-0.15, -0.1) is 0 Å². The highest BCUT2D eigenvalue weighted by atomic mass is 16.3. The maximum atomic E-state index is 12.5. The second kappa shape index (κ2) is 8.09. The van der Waals surface area contributed by atoms with Crippen molar-refractivity contribution >= 4 is 23.2 Å². The Morgan fingerprint density at radius 3 is 2.54 bits per heavy atom. The van der Waals surface area contributed by atoms with E-state index in [1.807, 2.05) is 18.2 Å². The fourth-order valence-electron chi connectivity index (χ4n) is 3.97. The molecular formula is C22H27N3O3. The van der Waals surface area contributed by atoms with E-state index in [9.17, 15) is 9.59 Å². The Balaban J connectivity index is 1.35. The van der Waals surface area contributed by atoms with Gasteiger partial charge in [0.05, 0.1) is 18.7 Å². The first-order valence-corrected chi connectivity index (χ1v) is 10.1. The Labute approximate surface area is 165 Å². The first-order chi connectivity index (χ1) is 13.6. The van der Waals surface area contributed by atoms with Gasteiger partial charge in [0.2, 0.25) is 11.8 Å². The third kappa shape index (κ3) is 4.06. The van der Waals surface area contributed by atoms with Crippen molar-refractivity contribution < 1.29 is 14.0 Å². The molecule has 28 heavy (non-hydrogen) atoms. The number of nitrogens with zero attached hydrogens (tertiary/aromatic N) is 2. The highest BCUT2D eigenvalue weighted by molar-refractivity contribution is 6.00. The molecule has 1 aromatic heterocycles. The molecule has 148 valence electrons. The van der Waals surface area contributed by atoms with E-state index >= 15 is 0 Å². The third-order valence-corrected chi connectivity index (χ3v) is 5.82. The SMILES string of the molecule is CC1CCN(c2ccc(N3CC(C(=O)NCc4ccco4)CC3=O)cc2)CC1. The predicted octanol–water partition coefficient (Wildman–Crippen LogP) is 3.19. The summed E-state index contributed by atoms with van der Waals surface area (Å²) in [6.45, 7) is 5.24. The van der Waals surface area contributed by atoms with Crippen LogP contribution >= 0.6 is 0 Å². The van der Waals surface area contributed by atoms with Crippen LogP contribution in [0.2, 0.25) is 0 Å². The van der Waals surface area contributed by atoms with E-state index in [4.69, 9.17) is 4.42 Å². The number of anilines is 2. The Morgan fingerprint density at radius 2 is 1.86 bits per heavy atom. The molecule has 2 fully saturated rings. The number of nitrogens with one attached hydrogen (secondary N) is 1. The van der Waals surface area contributed by atoms with Gasteiger partial charge in [-0.25, -0.2) is 0 Å². The minimum absolute atomic E-state index is 0.00213. The van der Waals surface area contributed by atoms with E-state index in [1.54, 1.807) is 17.2 Å². The zero-order valence-electron chi connectivity index (χ0n) is 16.3. The van der Waals surface area contributed by atoms with E-state index in [0.717, 1.165) is 24.7 Å². The van der Waals surface area contributed by atoms with Gasteiger partial charge >= 0.3 is 0 Å². The van der Waals surface area contributed by atoms with Gasteiger partial charge in [-0.05, 0) is 55.2 Å². The Kier molecular flexibility index (Phi) is 5.37. The molecule has 0 radical (unpaired) electrons. The van der Waals surface area contributed by atoms with Crippen molar-refractivity contribution in [1.29, 1.82) is 0 Å². The number of rotatable bonds is 5. The van der Waals surface area contributed by atoms with E-state index < -0.39 is 0 Å². The summed E-state index contributed by atoms with van der Waals surface area (Å²) in [7, 11) is 0. The monoisotopic (exact) mass is 381 g/mol. The first-order valence-electron chi connectivity index (χ1n) is 10.1. The van der Waals surface area contributed by atoms with Crippen LogP contribution in [-0.4, -0.2) is 31.4 Å². The number of piperidine rings is 1. The molecular weight excluding hydrogens is 354 g/mol. The fourth-order valence-corrected chi connectivity index (χ4v) is 3.97. The number of benzene rings is 1. The molecule has 1 N–H and O–H groups in total. The van der Waals surface area contributed by atoms with E-state index in [0.29, 0.717) is 18.8 Å². The largest absolute Gasteiger partial charge is 0.467 e. The zero-order chi connectivity index (χ0) is 19.5. The third-order valence-electron chi connectivity index (χ3n) is 5.82. The second-order valence-corrected chi connectivity index (χ2v) is 7.89. The first kappa shape index (κ1) is 18.6. The Morgan fingerprint density at radius 1 is 1.14 bits per heavy atom. The lowest BCUT2D eigenvalue weighted by Gasteiger charge is -2.32. The molecule has 4 rings (SSSR count). The van der Waals surface area contributed by atoms with Crippen molar-refractivity contribution in [3.05, 3.63) is 48.4 Å². The van der Waals surface area contributed by atoms with Crippen molar-refractivity contribution in [3.63, 3.8) is 0 Å². The van der Waals surface area contributed by atoms with Gasteiger partial charge in [0.15, 0.2) is 0 Å². The highest BCUT2D eigenvalue weighted by Crippen LogP contribution is 2.29. The van der Waals surface area contributed by atoms with Gasteiger partial charge in [0, 0.05) is 37.4 Å². The number of carbonyl (C=O) groups is 2. The Bertz CT molecular complexity index is 808. The summed E-state index contributed by atoms with van der Waals surface area (Å²) < 4.78 is 5.23. The van der Waals surface area contributed by atoms with Gasteiger partial charge in [-0.2, -0.15) is 0 Å². The van der Waals surface area contributed by atoms with Crippen molar-refractivity contribution in [2.45, 2.75) is 32.7 Å². The summed E-state index contributed by atoms with van der Waals surface area (Å²) in [5, 5.41) is 2.86. The van der Waals surface area contributed by atoms with Crippen LogP contribution in [0.4, 0.5) is 11.4 Å². The standard InChI is InChI=1S/C22H27N3O3/c1-16-8-10-24(11-9-16)18-4-6-19(7-5-18)25-15-17(13-21(25)26)22(27)23-14-20-3-2-12-28-20/h2-7,12,16-17H,8-11,13-15H2,1H3,(H,23,27). The van der Waals surface area contributed by atoms with Gasteiger partial charge < -0.3 is 19.5 Å². The summed E-state index contributed by atoms with van der Waals surface area (Å²) >= 11 is 0. The molecule has 0 saturated carbocycles. The number of amides is 2. The van der Waals surface area contributed by atoms with Crippen molar-refractivity contribution in [2.75, 3.05) is 29.4 Å². The van der Waals surface area contributed by atoms with Crippen molar-refractivity contribution in [1.82, 2.24) is 5.32 Å². The highest BCUT2D eigenvalue weighted by Gasteiger charge is 2.35. The smallest absolute Gasteiger partial charge is 0.227 e. The van der Waals surface area contributed by atoms with E-state index in [-0.39, 0.29) is 24.2 Å². The number of carbonyl (C=O) groups excluding carboxylic acids is 2. The van der Waals surface area contributed by atoms with Crippen LogP contribution in [0.15, 0.2) is 47.1 Å².